The molecule has 3 nitrogen and oxygen atoms in total. The first-order chi connectivity index (χ1) is 11.2. The third kappa shape index (κ3) is 3.52. The van der Waals surface area contributed by atoms with Crippen LogP contribution >= 0.6 is 0 Å². The lowest BCUT2D eigenvalue weighted by Crippen LogP contribution is -2.31. The largest absolute Gasteiger partial charge is 0.497 e. The standard InChI is InChI=1S/C19H20FNO2/c1-23-17-9-7-14(8-10-17)12-19(22)21-11-3-6-18(21)15-4-2-5-16(20)13-15/h2,4-5,7-10,13,18H,3,6,11-12H2,1H3/t18-/m0/s1. The first-order valence-corrected chi connectivity index (χ1v) is 7.85. The summed E-state index contributed by atoms with van der Waals surface area (Å²) in [6.07, 6.45) is 2.20. The van der Waals surface area contributed by atoms with E-state index in [0.717, 1.165) is 36.3 Å². The van der Waals surface area contributed by atoms with Crippen LogP contribution in [-0.2, 0) is 11.2 Å². The van der Waals surface area contributed by atoms with Crippen LogP contribution in [0.5, 0.6) is 5.75 Å². The highest BCUT2D eigenvalue weighted by molar-refractivity contribution is 5.79. The molecular weight excluding hydrogens is 293 g/mol. The van der Waals surface area contributed by atoms with E-state index < -0.39 is 0 Å². The molecule has 3 rings (SSSR count). The molecule has 2 aromatic rings. The maximum absolute atomic E-state index is 13.5. The summed E-state index contributed by atoms with van der Waals surface area (Å²) in [5, 5.41) is 0. The number of methoxy groups -OCH3 is 1. The van der Waals surface area contributed by atoms with Crippen LogP contribution in [0.2, 0.25) is 0 Å². The summed E-state index contributed by atoms with van der Waals surface area (Å²) in [7, 11) is 1.62. The van der Waals surface area contributed by atoms with Gasteiger partial charge in [-0.2, -0.15) is 0 Å². The Hall–Kier alpha value is -2.36. The van der Waals surface area contributed by atoms with Gasteiger partial charge in [0.25, 0.3) is 0 Å². The van der Waals surface area contributed by atoms with Gasteiger partial charge in [0, 0.05) is 6.54 Å². The summed E-state index contributed by atoms with van der Waals surface area (Å²) < 4.78 is 18.6. The first-order valence-electron chi connectivity index (χ1n) is 7.85. The van der Waals surface area contributed by atoms with E-state index in [9.17, 15) is 9.18 Å². The molecule has 0 spiro atoms. The zero-order chi connectivity index (χ0) is 16.2. The van der Waals surface area contributed by atoms with Crippen LogP contribution in [0.1, 0.15) is 30.0 Å². The zero-order valence-electron chi connectivity index (χ0n) is 13.2. The number of hydrogen-bond acceptors (Lipinski definition) is 2. The van der Waals surface area contributed by atoms with Crippen LogP contribution in [0.4, 0.5) is 4.39 Å². The molecule has 120 valence electrons. The smallest absolute Gasteiger partial charge is 0.227 e. The Morgan fingerprint density at radius 2 is 2.04 bits per heavy atom. The molecule has 1 aliphatic heterocycles. The van der Waals surface area contributed by atoms with E-state index >= 15 is 0 Å². The van der Waals surface area contributed by atoms with Crippen molar-refractivity contribution in [1.29, 1.82) is 0 Å². The molecule has 0 saturated carbocycles. The van der Waals surface area contributed by atoms with Crippen molar-refractivity contribution < 1.29 is 13.9 Å². The van der Waals surface area contributed by atoms with Crippen molar-refractivity contribution in [1.82, 2.24) is 4.90 Å². The number of carbonyl (C=O) groups is 1. The summed E-state index contributed by atoms with van der Waals surface area (Å²) in [5.41, 5.74) is 1.84. The Labute approximate surface area is 135 Å². The Kier molecular flexibility index (Phi) is 4.60. The number of ether oxygens (including phenoxy) is 1. The third-order valence-electron chi connectivity index (χ3n) is 4.32. The van der Waals surface area contributed by atoms with E-state index in [1.54, 1.807) is 13.2 Å². The number of hydrogen-bond donors (Lipinski definition) is 0. The van der Waals surface area contributed by atoms with Crippen LogP contribution in [0, 0.1) is 5.82 Å². The molecule has 1 saturated heterocycles. The van der Waals surface area contributed by atoms with E-state index in [0.29, 0.717) is 6.42 Å². The van der Waals surface area contributed by atoms with Crippen molar-refractivity contribution in [2.75, 3.05) is 13.7 Å². The highest BCUT2D eigenvalue weighted by Gasteiger charge is 2.29. The lowest BCUT2D eigenvalue weighted by molar-refractivity contribution is -0.131. The minimum Gasteiger partial charge on any atom is -0.497 e. The van der Waals surface area contributed by atoms with Gasteiger partial charge in [-0.1, -0.05) is 24.3 Å². The van der Waals surface area contributed by atoms with Gasteiger partial charge in [-0.3, -0.25) is 4.79 Å². The molecule has 1 heterocycles. The number of carbonyl (C=O) groups excluding carboxylic acids is 1. The lowest BCUT2D eigenvalue weighted by atomic mass is 10.0. The zero-order valence-corrected chi connectivity index (χ0v) is 13.2. The van der Waals surface area contributed by atoms with E-state index in [4.69, 9.17) is 4.74 Å². The molecule has 0 aromatic heterocycles. The topological polar surface area (TPSA) is 29.5 Å². The van der Waals surface area contributed by atoms with Crippen LogP contribution < -0.4 is 4.74 Å². The van der Waals surface area contributed by atoms with Gasteiger partial charge >= 0.3 is 0 Å². The summed E-state index contributed by atoms with van der Waals surface area (Å²) in [6, 6.07) is 14.1. The fourth-order valence-electron chi connectivity index (χ4n) is 3.15. The molecule has 1 fully saturated rings. The van der Waals surface area contributed by atoms with Gasteiger partial charge < -0.3 is 9.64 Å². The van der Waals surface area contributed by atoms with E-state index in [1.165, 1.54) is 12.1 Å². The predicted octanol–water partition coefficient (Wildman–Crippen LogP) is 3.74. The molecule has 0 bridgehead atoms. The number of halogens is 1. The van der Waals surface area contributed by atoms with Gasteiger partial charge in [-0.05, 0) is 48.2 Å². The molecule has 1 aliphatic rings. The van der Waals surface area contributed by atoms with Crippen LogP contribution in [-0.4, -0.2) is 24.5 Å². The Balaban J connectivity index is 1.72. The van der Waals surface area contributed by atoms with Crippen molar-refractivity contribution in [3.05, 3.63) is 65.5 Å². The van der Waals surface area contributed by atoms with Crippen LogP contribution in [0.25, 0.3) is 0 Å². The van der Waals surface area contributed by atoms with Gasteiger partial charge in [0.1, 0.15) is 11.6 Å². The lowest BCUT2D eigenvalue weighted by Gasteiger charge is -2.25. The van der Waals surface area contributed by atoms with E-state index in [2.05, 4.69) is 0 Å². The van der Waals surface area contributed by atoms with Crippen molar-refractivity contribution in [3.63, 3.8) is 0 Å². The monoisotopic (exact) mass is 313 g/mol. The maximum Gasteiger partial charge on any atom is 0.227 e. The second-order valence-electron chi connectivity index (χ2n) is 5.83. The van der Waals surface area contributed by atoms with Crippen molar-refractivity contribution in [2.24, 2.45) is 0 Å². The summed E-state index contributed by atoms with van der Waals surface area (Å²) in [5.74, 6) is 0.610. The average Bonchev–Trinajstić information content (AvgIpc) is 3.05. The number of likely N-dealkylation sites (tertiary alicyclic amines) is 1. The molecule has 1 atom stereocenters. The average molecular weight is 313 g/mol. The molecule has 0 N–H and O–H groups in total. The molecule has 4 heteroatoms. The molecule has 0 unspecified atom stereocenters. The van der Waals surface area contributed by atoms with E-state index in [-0.39, 0.29) is 17.8 Å². The van der Waals surface area contributed by atoms with Gasteiger partial charge in [0.15, 0.2) is 0 Å². The fraction of sp³-hybridized carbons (Fsp3) is 0.316. The fourth-order valence-corrected chi connectivity index (χ4v) is 3.15. The summed E-state index contributed by atoms with van der Waals surface area (Å²) in [6.45, 7) is 0.732. The van der Waals surface area contributed by atoms with Gasteiger partial charge in [-0.25, -0.2) is 4.39 Å². The Bertz CT molecular complexity index is 684. The van der Waals surface area contributed by atoms with Crippen LogP contribution in [0.15, 0.2) is 48.5 Å². The second kappa shape index (κ2) is 6.82. The maximum atomic E-state index is 13.5. The van der Waals surface area contributed by atoms with Gasteiger partial charge in [0.2, 0.25) is 5.91 Å². The second-order valence-corrected chi connectivity index (χ2v) is 5.83. The third-order valence-corrected chi connectivity index (χ3v) is 4.32. The Morgan fingerprint density at radius 1 is 1.26 bits per heavy atom. The number of amides is 1. The van der Waals surface area contributed by atoms with Crippen molar-refractivity contribution in [2.45, 2.75) is 25.3 Å². The minimum absolute atomic E-state index is 0.0172. The van der Waals surface area contributed by atoms with Gasteiger partial charge in [-0.15, -0.1) is 0 Å². The summed E-state index contributed by atoms with van der Waals surface area (Å²) in [4.78, 5) is 14.5. The molecule has 0 radical (unpaired) electrons. The quantitative estimate of drug-likeness (QED) is 0.860. The molecular formula is C19H20FNO2. The molecule has 2 aromatic carbocycles. The number of nitrogens with zero attached hydrogens (tertiary/aromatic N) is 1. The molecule has 0 aliphatic carbocycles. The normalized spacial score (nSPS) is 17.3. The minimum atomic E-state index is -0.253. The first kappa shape index (κ1) is 15.5. The van der Waals surface area contributed by atoms with E-state index in [1.807, 2.05) is 35.2 Å². The van der Waals surface area contributed by atoms with Gasteiger partial charge in [0.05, 0.1) is 19.6 Å². The number of benzene rings is 2. The Morgan fingerprint density at radius 3 is 2.74 bits per heavy atom. The summed E-state index contributed by atoms with van der Waals surface area (Å²) >= 11 is 0. The molecule has 23 heavy (non-hydrogen) atoms. The highest BCUT2D eigenvalue weighted by atomic mass is 19.1. The van der Waals surface area contributed by atoms with Crippen molar-refractivity contribution >= 4 is 5.91 Å². The van der Waals surface area contributed by atoms with Crippen molar-refractivity contribution in [3.8, 4) is 5.75 Å². The molecule has 1 amide bonds. The highest BCUT2D eigenvalue weighted by Crippen LogP contribution is 2.32. The predicted molar refractivity (Wildman–Crippen MR) is 86.8 cm³/mol. The number of rotatable bonds is 4. The SMILES string of the molecule is COc1ccc(CC(=O)N2CCC[C@H]2c2cccc(F)c2)cc1. The van der Waals surface area contributed by atoms with Crippen LogP contribution in [0.3, 0.4) is 0 Å².